The first-order valence-electron chi connectivity index (χ1n) is 7.72. The van der Waals surface area contributed by atoms with Gasteiger partial charge in [0.1, 0.15) is 5.82 Å². The van der Waals surface area contributed by atoms with Crippen LogP contribution in [0.4, 0.5) is 5.82 Å². The van der Waals surface area contributed by atoms with Crippen molar-refractivity contribution in [3.63, 3.8) is 0 Å². The van der Waals surface area contributed by atoms with E-state index in [1.54, 1.807) is 12.3 Å². The van der Waals surface area contributed by atoms with E-state index in [9.17, 15) is 0 Å². The lowest BCUT2D eigenvalue weighted by atomic mass is 10.1. The predicted molar refractivity (Wildman–Crippen MR) is 87.8 cm³/mol. The molecule has 4 heteroatoms. The molecule has 0 atom stereocenters. The minimum Gasteiger partial charge on any atom is -0.354 e. The number of nitriles is 1. The van der Waals surface area contributed by atoms with Crippen LogP contribution in [0.2, 0.25) is 0 Å². The molecule has 0 saturated carbocycles. The Labute approximate surface area is 131 Å². The lowest BCUT2D eigenvalue weighted by Gasteiger charge is -2.35. The zero-order valence-electron chi connectivity index (χ0n) is 12.7. The van der Waals surface area contributed by atoms with Gasteiger partial charge in [-0.05, 0) is 24.1 Å². The monoisotopic (exact) mass is 292 g/mol. The highest BCUT2D eigenvalue weighted by molar-refractivity contribution is 5.45. The van der Waals surface area contributed by atoms with E-state index in [0.29, 0.717) is 5.56 Å². The minimum atomic E-state index is 0.677. The molecule has 1 aromatic heterocycles. The van der Waals surface area contributed by atoms with Gasteiger partial charge in [-0.1, -0.05) is 30.3 Å². The van der Waals surface area contributed by atoms with Crippen molar-refractivity contribution in [3.8, 4) is 6.07 Å². The molecule has 1 aliphatic rings. The Morgan fingerprint density at radius 3 is 2.55 bits per heavy atom. The van der Waals surface area contributed by atoms with E-state index < -0.39 is 0 Å². The van der Waals surface area contributed by atoms with Gasteiger partial charge in [0.2, 0.25) is 0 Å². The fourth-order valence-electron chi connectivity index (χ4n) is 2.79. The van der Waals surface area contributed by atoms with Crippen LogP contribution in [0, 0.1) is 11.3 Å². The molecular formula is C18H20N4. The Morgan fingerprint density at radius 2 is 1.82 bits per heavy atom. The fourth-order valence-corrected chi connectivity index (χ4v) is 2.79. The first-order valence-corrected chi connectivity index (χ1v) is 7.72. The van der Waals surface area contributed by atoms with Gasteiger partial charge in [0.25, 0.3) is 0 Å². The third-order valence-corrected chi connectivity index (χ3v) is 4.13. The summed E-state index contributed by atoms with van der Waals surface area (Å²) in [4.78, 5) is 9.15. The van der Waals surface area contributed by atoms with Gasteiger partial charge in [-0.3, -0.25) is 4.90 Å². The molecule has 0 aliphatic carbocycles. The fraction of sp³-hybridized carbons (Fsp3) is 0.333. The normalized spacial score (nSPS) is 15.5. The topological polar surface area (TPSA) is 43.2 Å². The molecule has 112 valence electrons. The van der Waals surface area contributed by atoms with E-state index in [2.05, 4.69) is 51.2 Å². The summed E-state index contributed by atoms with van der Waals surface area (Å²) in [5.74, 6) is 0.918. The number of aromatic nitrogens is 1. The van der Waals surface area contributed by atoms with E-state index in [1.807, 2.05) is 6.07 Å². The number of hydrogen-bond acceptors (Lipinski definition) is 4. The van der Waals surface area contributed by atoms with E-state index in [-0.39, 0.29) is 0 Å². The number of anilines is 1. The molecule has 22 heavy (non-hydrogen) atoms. The van der Waals surface area contributed by atoms with Crippen molar-refractivity contribution in [2.24, 2.45) is 0 Å². The Bertz CT molecular complexity index is 640. The van der Waals surface area contributed by atoms with Crippen LogP contribution in [-0.4, -0.2) is 42.6 Å². The van der Waals surface area contributed by atoms with Crippen molar-refractivity contribution in [3.05, 3.63) is 59.8 Å². The van der Waals surface area contributed by atoms with Crippen molar-refractivity contribution < 1.29 is 0 Å². The van der Waals surface area contributed by atoms with E-state index in [0.717, 1.165) is 45.0 Å². The molecule has 2 heterocycles. The van der Waals surface area contributed by atoms with Gasteiger partial charge in [-0.2, -0.15) is 5.26 Å². The van der Waals surface area contributed by atoms with Crippen LogP contribution in [-0.2, 0) is 6.42 Å². The van der Waals surface area contributed by atoms with Crippen molar-refractivity contribution in [1.82, 2.24) is 9.88 Å². The summed E-state index contributed by atoms with van der Waals surface area (Å²) in [5.41, 5.74) is 2.07. The van der Waals surface area contributed by atoms with Gasteiger partial charge in [0, 0.05) is 38.9 Å². The molecule has 3 rings (SSSR count). The van der Waals surface area contributed by atoms with Gasteiger partial charge < -0.3 is 4.90 Å². The molecule has 0 bridgehead atoms. The maximum Gasteiger partial charge on any atom is 0.129 e. The van der Waals surface area contributed by atoms with Gasteiger partial charge >= 0.3 is 0 Å². The van der Waals surface area contributed by atoms with Gasteiger partial charge in [0.15, 0.2) is 0 Å². The van der Waals surface area contributed by atoms with Crippen LogP contribution in [0.5, 0.6) is 0 Å². The van der Waals surface area contributed by atoms with E-state index >= 15 is 0 Å². The zero-order chi connectivity index (χ0) is 15.2. The van der Waals surface area contributed by atoms with Crippen LogP contribution in [0.15, 0.2) is 48.7 Å². The molecule has 0 amide bonds. The second kappa shape index (κ2) is 7.06. The van der Waals surface area contributed by atoms with Crippen molar-refractivity contribution in [2.45, 2.75) is 6.42 Å². The number of rotatable bonds is 4. The molecule has 1 saturated heterocycles. The van der Waals surface area contributed by atoms with E-state index in [4.69, 9.17) is 5.26 Å². The molecule has 1 aliphatic heterocycles. The highest BCUT2D eigenvalue weighted by Gasteiger charge is 2.17. The Balaban J connectivity index is 1.51. The van der Waals surface area contributed by atoms with Crippen molar-refractivity contribution in [2.75, 3.05) is 37.6 Å². The summed E-state index contributed by atoms with van der Waals surface area (Å²) >= 11 is 0. The highest BCUT2D eigenvalue weighted by atomic mass is 15.3. The third-order valence-electron chi connectivity index (χ3n) is 4.13. The molecule has 0 unspecified atom stereocenters. The lowest BCUT2D eigenvalue weighted by Crippen LogP contribution is -2.47. The average Bonchev–Trinajstić information content (AvgIpc) is 2.61. The maximum absolute atomic E-state index is 8.98. The Hall–Kier alpha value is -2.38. The van der Waals surface area contributed by atoms with Crippen LogP contribution >= 0.6 is 0 Å². The molecule has 1 aromatic carbocycles. The Kier molecular flexibility index (Phi) is 4.67. The SMILES string of the molecule is N#Cc1ccnc(N2CCN(CCc3ccccc3)CC2)c1. The van der Waals surface area contributed by atoms with E-state index in [1.165, 1.54) is 5.56 Å². The Morgan fingerprint density at radius 1 is 1.05 bits per heavy atom. The summed E-state index contributed by atoms with van der Waals surface area (Å²) < 4.78 is 0. The van der Waals surface area contributed by atoms with Crippen LogP contribution in [0.1, 0.15) is 11.1 Å². The summed E-state index contributed by atoms with van der Waals surface area (Å²) in [7, 11) is 0. The third kappa shape index (κ3) is 3.63. The minimum absolute atomic E-state index is 0.677. The smallest absolute Gasteiger partial charge is 0.129 e. The molecule has 2 aromatic rings. The summed E-state index contributed by atoms with van der Waals surface area (Å²) in [6, 6.07) is 16.4. The second-order valence-electron chi connectivity index (χ2n) is 5.58. The summed E-state index contributed by atoms with van der Waals surface area (Å²) in [5, 5.41) is 8.98. The molecular weight excluding hydrogens is 272 g/mol. The van der Waals surface area contributed by atoms with Gasteiger partial charge in [-0.15, -0.1) is 0 Å². The molecule has 0 radical (unpaired) electrons. The first kappa shape index (κ1) is 14.6. The van der Waals surface area contributed by atoms with Gasteiger partial charge in [-0.25, -0.2) is 4.98 Å². The van der Waals surface area contributed by atoms with Crippen molar-refractivity contribution >= 4 is 5.82 Å². The molecule has 0 spiro atoms. The lowest BCUT2D eigenvalue weighted by molar-refractivity contribution is 0.260. The zero-order valence-corrected chi connectivity index (χ0v) is 12.7. The maximum atomic E-state index is 8.98. The van der Waals surface area contributed by atoms with Crippen LogP contribution < -0.4 is 4.90 Å². The molecule has 1 fully saturated rings. The summed E-state index contributed by atoms with van der Waals surface area (Å²) in [6.45, 7) is 5.13. The second-order valence-corrected chi connectivity index (χ2v) is 5.58. The van der Waals surface area contributed by atoms with Crippen molar-refractivity contribution in [1.29, 1.82) is 5.26 Å². The number of hydrogen-bond donors (Lipinski definition) is 0. The average molecular weight is 292 g/mol. The number of benzene rings is 1. The standard InChI is InChI=1S/C18H20N4/c19-15-17-6-8-20-18(14-17)22-12-10-21(11-13-22)9-7-16-4-2-1-3-5-16/h1-6,8,14H,7,9-13H2. The summed E-state index contributed by atoms with van der Waals surface area (Å²) in [6.07, 6.45) is 2.82. The molecule has 4 nitrogen and oxygen atoms in total. The number of pyridine rings is 1. The highest BCUT2D eigenvalue weighted by Crippen LogP contribution is 2.15. The number of nitrogens with zero attached hydrogens (tertiary/aromatic N) is 4. The first-order chi connectivity index (χ1) is 10.8. The molecule has 0 N–H and O–H groups in total. The largest absolute Gasteiger partial charge is 0.354 e. The predicted octanol–water partition coefficient (Wildman–Crippen LogP) is 2.32. The van der Waals surface area contributed by atoms with Crippen LogP contribution in [0.25, 0.3) is 0 Å². The quantitative estimate of drug-likeness (QED) is 0.867. The van der Waals surface area contributed by atoms with Gasteiger partial charge in [0.05, 0.1) is 11.6 Å². The van der Waals surface area contributed by atoms with Crippen LogP contribution in [0.3, 0.4) is 0 Å². The number of piperazine rings is 1.